The molecule has 0 atom stereocenters. The molecule has 0 radical (unpaired) electrons. The quantitative estimate of drug-likeness (QED) is 0.246. The minimum Gasteiger partial charge on any atom is -0.493 e. The van der Waals surface area contributed by atoms with E-state index < -0.39 is 5.97 Å². The Morgan fingerprint density at radius 2 is 1.81 bits per heavy atom. The van der Waals surface area contributed by atoms with Crippen LogP contribution in [0.2, 0.25) is 0 Å². The van der Waals surface area contributed by atoms with Gasteiger partial charge in [-0.2, -0.15) is 5.26 Å². The Morgan fingerprint density at radius 3 is 2.42 bits per heavy atom. The van der Waals surface area contributed by atoms with Crippen LogP contribution >= 0.6 is 0 Å². The molecular weight excluding hydrogens is 330 g/mol. The van der Waals surface area contributed by atoms with Crippen LogP contribution in [0.15, 0.2) is 54.1 Å². The molecule has 0 heterocycles. The van der Waals surface area contributed by atoms with Crippen molar-refractivity contribution in [3.05, 3.63) is 65.2 Å². The average molecular weight is 349 g/mol. The lowest BCUT2D eigenvalue weighted by molar-refractivity contribution is -0.129. The third kappa shape index (κ3) is 5.05. The first-order valence-electron chi connectivity index (χ1n) is 8.22. The lowest BCUT2D eigenvalue weighted by Gasteiger charge is -2.08. The Labute approximate surface area is 152 Å². The molecule has 132 valence electrons. The van der Waals surface area contributed by atoms with E-state index in [1.165, 1.54) is 25.1 Å². The van der Waals surface area contributed by atoms with E-state index in [0.717, 1.165) is 6.42 Å². The largest absolute Gasteiger partial charge is 0.493 e. The molecule has 2 aromatic carbocycles. The van der Waals surface area contributed by atoms with Gasteiger partial charge < -0.3 is 9.47 Å². The van der Waals surface area contributed by atoms with Gasteiger partial charge in [-0.15, -0.1) is 0 Å². The summed E-state index contributed by atoms with van der Waals surface area (Å²) in [6, 6.07) is 15.2. The topological polar surface area (TPSA) is 76.4 Å². The van der Waals surface area contributed by atoms with Crippen molar-refractivity contribution in [2.75, 3.05) is 6.61 Å². The molecule has 0 aliphatic heterocycles. The number of benzene rings is 2. The van der Waals surface area contributed by atoms with E-state index in [9.17, 15) is 14.9 Å². The number of rotatable bonds is 7. The number of hydrogen-bond acceptors (Lipinski definition) is 5. The van der Waals surface area contributed by atoms with Crippen molar-refractivity contribution in [3.8, 4) is 17.6 Å². The number of carbonyl (C=O) groups is 2. The first-order chi connectivity index (χ1) is 12.5. The Bertz CT molecular complexity index is 860. The van der Waals surface area contributed by atoms with Gasteiger partial charge in [0, 0.05) is 11.1 Å². The smallest absolute Gasteiger partial charge is 0.354 e. The molecule has 0 bridgehead atoms. The van der Waals surface area contributed by atoms with Crippen molar-refractivity contribution in [1.82, 2.24) is 0 Å². The molecule has 0 amide bonds. The van der Waals surface area contributed by atoms with Gasteiger partial charge in [-0.3, -0.25) is 4.79 Å². The van der Waals surface area contributed by atoms with Crippen LogP contribution < -0.4 is 9.47 Å². The second kappa shape index (κ2) is 9.19. The molecule has 0 aliphatic carbocycles. The van der Waals surface area contributed by atoms with Gasteiger partial charge in [-0.25, -0.2) is 4.79 Å². The summed E-state index contributed by atoms with van der Waals surface area (Å²) < 4.78 is 10.8. The highest BCUT2D eigenvalue weighted by Gasteiger charge is 2.14. The molecule has 26 heavy (non-hydrogen) atoms. The molecule has 0 aliphatic rings. The van der Waals surface area contributed by atoms with Gasteiger partial charge in [-0.1, -0.05) is 25.1 Å². The SMILES string of the molecule is CCCOc1ccccc1/C=C(\C#N)C(=O)Oc1ccc(C(C)=O)cc1. The summed E-state index contributed by atoms with van der Waals surface area (Å²) in [4.78, 5) is 23.5. The van der Waals surface area contributed by atoms with Crippen LogP contribution in [0.1, 0.15) is 36.2 Å². The Kier molecular flexibility index (Phi) is 6.69. The van der Waals surface area contributed by atoms with Gasteiger partial charge >= 0.3 is 5.97 Å². The molecule has 5 heteroatoms. The summed E-state index contributed by atoms with van der Waals surface area (Å²) in [5.41, 5.74) is 0.998. The third-order valence-corrected chi connectivity index (χ3v) is 3.49. The highest BCUT2D eigenvalue weighted by atomic mass is 16.5. The van der Waals surface area contributed by atoms with Gasteiger partial charge in [0.1, 0.15) is 23.1 Å². The van der Waals surface area contributed by atoms with Crippen molar-refractivity contribution in [2.45, 2.75) is 20.3 Å². The zero-order valence-corrected chi connectivity index (χ0v) is 14.7. The molecular formula is C21H19NO4. The van der Waals surface area contributed by atoms with Crippen molar-refractivity contribution in [3.63, 3.8) is 0 Å². The lowest BCUT2D eigenvalue weighted by Crippen LogP contribution is -2.10. The van der Waals surface area contributed by atoms with Crippen LogP contribution in [0.3, 0.4) is 0 Å². The predicted octanol–water partition coefficient (Wildman–Crippen LogP) is 4.19. The lowest BCUT2D eigenvalue weighted by atomic mass is 10.1. The Hall–Kier alpha value is -3.39. The van der Waals surface area contributed by atoms with Gasteiger partial charge in [0.15, 0.2) is 5.78 Å². The molecule has 0 saturated carbocycles. The Morgan fingerprint density at radius 1 is 1.12 bits per heavy atom. The fourth-order valence-corrected chi connectivity index (χ4v) is 2.16. The number of para-hydroxylation sites is 1. The fraction of sp³-hybridized carbons (Fsp3) is 0.190. The van der Waals surface area contributed by atoms with E-state index in [1.54, 1.807) is 30.3 Å². The van der Waals surface area contributed by atoms with E-state index in [2.05, 4.69) is 0 Å². The molecule has 0 saturated heterocycles. The number of ether oxygens (including phenoxy) is 2. The van der Waals surface area contributed by atoms with Crippen molar-refractivity contribution >= 4 is 17.8 Å². The summed E-state index contributed by atoms with van der Waals surface area (Å²) in [6.45, 7) is 3.99. The summed E-state index contributed by atoms with van der Waals surface area (Å²) >= 11 is 0. The van der Waals surface area contributed by atoms with E-state index in [-0.39, 0.29) is 17.1 Å². The van der Waals surface area contributed by atoms with Gasteiger partial charge in [0.25, 0.3) is 0 Å². The minimum atomic E-state index is -0.770. The van der Waals surface area contributed by atoms with E-state index in [4.69, 9.17) is 9.47 Å². The van der Waals surface area contributed by atoms with Crippen LogP contribution in [0.4, 0.5) is 0 Å². The number of esters is 1. The maximum absolute atomic E-state index is 12.3. The molecule has 5 nitrogen and oxygen atoms in total. The summed E-state index contributed by atoms with van der Waals surface area (Å²) in [5.74, 6) is 0.00919. The van der Waals surface area contributed by atoms with Crippen LogP contribution in [-0.2, 0) is 4.79 Å². The summed E-state index contributed by atoms with van der Waals surface area (Å²) in [6.07, 6.45) is 2.29. The number of hydrogen-bond donors (Lipinski definition) is 0. The van der Waals surface area contributed by atoms with Crippen molar-refractivity contribution in [1.29, 1.82) is 5.26 Å². The number of Topliss-reactive ketones (excluding diaryl/α,β-unsaturated/α-hetero) is 1. The maximum atomic E-state index is 12.3. The van der Waals surface area contributed by atoms with Crippen LogP contribution in [0.25, 0.3) is 6.08 Å². The number of nitrogens with zero attached hydrogens (tertiary/aromatic N) is 1. The minimum absolute atomic E-state index is 0.0795. The second-order valence-corrected chi connectivity index (χ2v) is 5.53. The maximum Gasteiger partial charge on any atom is 0.354 e. The molecule has 0 unspecified atom stereocenters. The molecule has 0 aromatic heterocycles. The molecule has 2 rings (SSSR count). The summed E-state index contributed by atoms with van der Waals surface area (Å²) in [5, 5.41) is 9.32. The van der Waals surface area contributed by atoms with E-state index in [0.29, 0.717) is 23.5 Å². The van der Waals surface area contributed by atoms with Crippen LogP contribution in [0, 0.1) is 11.3 Å². The van der Waals surface area contributed by atoms with E-state index >= 15 is 0 Å². The zero-order valence-electron chi connectivity index (χ0n) is 14.7. The molecule has 0 fully saturated rings. The highest BCUT2D eigenvalue weighted by molar-refractivity contribution is 5.99. The second-order valence-electron chi connectivity index (χ2n) is 5.53. The predicted molar refractivity (Wildman–Crippen MR) is 97.9 cm³/mol. The van der Waals surface area contributed by atoms with Crippen LogP contribution in [-0.4, -0.2) is 18.4 Å². The number of carbonyl (C=O) groups excluding carboxylic acids is 2. The first-order valence-corrected chi connectivity index (χ1v) is 8.22. The summed E-state index contributed by atoms with van der Waals surface area (Å²) in [7, 11) is 0. The number of ketones is 1. The van der Waals surface area contributed by atoms with Crippen LogP contribution in [0.5, 0.6) is 11.5 Å². The van der Waals surface area contributed by atoms with Crippen molar-refractivity contribution < 1.29 is 19.1 Å². The first kappa shape index (κ1) is 18.9. The Balaban J connectivity index is 2.19. The van der Waals surface area contributed by atoms with Gasteiger partial charge in [-0.05, 0) is 49.8 Å². The standard InChI is InChI=1S/C21H19NO4/c1-3-12-25-20-7-5-4-6-17(20)13-18(14-22)21(24)26-19-10-8-16(9-11-19)15(2)23/h4-11,13H,3,12H2,1-2H3/b18-13+. The molecule has 0 spiro atoms. The zero-order chi connectivity index (χ0) is 18.9. The average Bonchev–Trinajstić information content (AvgIpc) is 2.65. The number of nitriles is 1. The monoisotopic (exact) mass is 349 g/mol. The fourth-order valence-electron chi connectivity index (χ4n) is 2.16. The molecule has 0 N–H and O–H groups in total. The molecule has 2 aromatic rings. The normalized spacial score (nSPS) is 10.7. The van der Waals surface area contributed by atoms with Crippen molar-refractivity contribution in [2.24, 2.45) is 0 Å². The van der Waals surface area contributed by atoms with E-state index in [1.807, 2.05) is 19.1 Å². The van der Waals surface area contributed by atoms with Gasteiger partial charge in [0.2, 0.25) is 0 Å². The highest BCUT2D eigenvalue weighted by Crippen LogP contribution is 2.22. The third-order valence-electron chi connectivity index (χ3n) is 3.49. The van der Waals surface area contributed by atoms with Gasteiger partial charge in [0.05, 0.1) is 6.61 Å².